The van der Waals surface area contributed by atoms with Crippen LogP contribution in [-0.4, -0.2) is 28.9 Å². The van der Waals surface area contributed by atoms with Gasteiger partial charge >= 0.3 is 0 Å². The fourth-order valence-corrected chi connectivity index (χ4v) is 2.90. The van der Waals surface area contributed by atoms with Gasteiger partial charge in [-0.3, -0.25) is 14.4 Å². The van der Waals surface area contributed by atoms with Crippen LogP contribution in [-0.2, 0) is 9.63 Å². The van der Waals surface area contributed by atoms with E-state index in [9.17, 15) is 14.4 Å². The molecule has 6 nitrogen and oxygen atoms in total. The second kappa shape index (κ2) is 7.90. The first-order valence-corrected chi connectivity index (χ1v) is 8.95. The molecule has 1 aliphatic heterocycles. The molecule has 3 rings (SSSR count). The molecule has 0 radical (unpaired) electrons. The molecule has 0 fully saturated rings. The van der Waals surface area contributed by atoms with Crippen LogP contribution in [0.3, 0.4) is 0 Å². The van der Waals surface area contributed by atoms with Gasteiger partial charge in [-0.1, -0.05) is 37.6 Å². The fraction of sp³-hybridized carbons (Fsp3) is 0.250. The van der Waals surface area contributed by atoms with Gasteiger partial charge in [-0.25, -0.2) is 4.84 Å². The fourth-order valence-electron chi connectivity index (χ4n) is 2.77. The van der Waals surface area contributed by atoms with Gasteiger partial charge in [-0.05, 0) is 48.7 Å². The SMILES string of the molecule is CC(C)C[C@@H](ON1C(=O)c2ccccc2C1=O)C(=O)Nc1ccc(Cl)cc1. The van der Waals surface area contributed by atoms with Gasteiger partial charge in [0.15, 0.2) is 6.10 Å². The summed E-state index contributed by atoms with van der Waals surface area (Å²) in [6.45, 7) is 3.85. The highest BCUT2D eigenvalue weighted by Crippen LogP contribution is 2.25. The molecule has 7 heteroatoms. The minimum absolute atomic E-state index is 0.112. The Morgan fingerprint density at radius 1 is 1.04 bits per heavy atom. The first kappa shape index (κ1) is 19.1. The first-order valence-electron chi connectivity index (χ1n) is 8.58. The summed E-state index contributed by atoms with van der Waals surface area (Å²) in [7, 11) is 0. The number of anilines is 1. The Morgan fingerprint density at radius 3 is 2.11 bits per heavy atom. The number of hydroxylamine groups is 2. The predicted molar refractivity (Wildman–Crippen MR) is 101 cm³/mol. The molecule has 0 saturated heterocycles. The zero-order valence-corrected chi connectivity index (χ0v) is 15.7. The van der Waals surface area contributed by atoms with Crippen LogP contribution in [0.1, 0.15) is 41.0 Å². The highest BCUT2D eigenvalue weighted by Gasteiger charge is 2.39. The Hall–Kier alpha value is -2.70. The summed E-state index contributed by atoms with van der Waals surface area (Å²) >= 11 is 5.85. The lowest BCUT2D eigenvalue weighted by Crippen LogP contribution is -2.41. The van der Waals surface area contributed by atoms with E-state index in [0.29, 0.717) is 22.2 Å². The predicted octanol–water partition coefficient (Wildman–Crippen LogP) is 3.92. The van der Waals surface area contributed by atoms with Crippen LogP contribution in [0.4, 0.5) is 5.69 Å². The minimum atomic E-state index is -0.997. The Morgan fingerprint density at radius 2 is 1.59 bits per heavy atom. The van der Waals surface area contributed by atoms with E-state index in [1.165, 1.54) is 0 Å². The van der Waals surface area contributed by atoms with Crippen LogP contribution < -0.4 is 5.32 Å². The molecule has 27 heavy (non-hydrogen) atoms. The number of hydrogen-bond acceptors (Lipinski definition) is 4. The number of nitrogens with zero attached hydrogens (tertiary/aromatic N) is 1. The maximum absolute atomic E-state index is 12.7. The molecule has 2 aromatic rings. The van der Waals surface area contributed by atoms with E-state index in [4.69, 9.17) is 16.4 Å². The van der Waals surface area contributed by atoms with Gasteiger partial charge in [0.2, 0.25) is 0 Å². The molecule has 0 unspecified atom stereocenters. The van der Waals surface area contributed by atoms with Gasteiger partial charge in [0.05, 0.1) is 11.1 Å². The van der Waals surface area contributed by atoms with E-state index in [0.717, 1.165) is 0 Å². The average Bonchev–Trinajstić information content (AvgIpc) is 2.88. The van der Waals surface area contributed by atoms with E-state index >= 15 is 0 Å². The maximum atomic E-state index is 12.7. The van der Waals surface area contributed by atoms with E-state index in [2.05, 4.69) is 5.32 Å². The highest BCUT2D eigenvalue weighted by molar-refractivity contribution is 6.30. The van der Waals surface area contributed by atoms with E-state index in [1.807, 2.05) is 13.8 Å². The summed E-state index contributed by atoms with van der Waals surface area (Å²) in [6, 6.07) is 13.1. The van der Waals surface area contributed by atoms with Crippen molar-refractivity contribution in [2.75, 3.05) is 5.32 Å². The second-order valence-corrected chi connectivity index (χ2v) is 7.11. The molecule has 0 aliphatic carbocycles. The smallest absolute Gasteiger partial charge is 0.285 e. The van der Waals surface area contributed by atoms with Crippen LogP contribution in [0.25, 0.3) is 0 Å². The second-order valence-electron chi connectivity index (χ2n) is 6.67. The number of nitrogens with one attached hydrogen (secondary N) is 1. The molecule has 0 aromatic heterocycles. The van der Waals surface area contributed by atoms with Crippen LogP contribution in [0.15, 0.2) is 48.5 Å². The summed E-state index contributed by atoms with van der Waals surface area (Å²) < 4.78 is 0. The Kier molecular flexibility index (Phi) is 5.58. The van der Waals surface area contributed by atoms with Crippen molar-refractivity contribution in [1.82, 2.24) is 5.06 Å². The van der Waals surface area contributed by atoms with Gasteiger partial charge in [0.25, 0.3) is 17.7 Å². The highest BCUT2D eigenvalue weighted by atomic mass is 35.5. The first-order chi connectivity index (χ1) is 12.9. The Labute approximate surface area is 162 Å². The average molecular weight is 387 g/mol. The molecule has 140 valence electrons. The van der Waals surface area contributed by atoms with Crippen LogP contribution >= 0.6 is 11.6 Å². The van der Waals surface area contributed by atoms with Gasteiger partial charge < -0.3 is 5.32 Å². The number of hydrogen-bond donors (Lipinski definition) is 1. The van der Waals surface area contributed by atoms with Crippen molar-refractivity contribution in [1.29, 1.82) is 0 Å². The molecule has 1 heterocycles. The zero-order chi connectivity index (χ0) is 19.6. The number of amides is 3. The van der Waals surface area contributed by atoms with Crippen molar-refractivity contribution in [3.8, 4) is 0 Å². The molecule has 0 bridgehead atoms. The standard InChI is InChI=1S/C20H19ClN2O4/c1-12(2)11-17(18(24)22-14-9-7-13(21)8-10-14)27-23-19(25)15-5-3-4-6-16(15)20(23)26/h3-10,12,17H,11H2,1-2H3,(H,22,24)/t17-/m1/s1. The summed E-state index contributed by atoms with van der Waals surface area (Å²) in [6.07, 6.45) is -0.657. The molecule has 1 aliphatic rings. The van der Waals surface area contributed by atoms with Crippen molar-refractivity contribution in [2.24, 2.45) is 5.92 Å². The maximum Gasteiger partial charge on any atom is 0.285 e. The van der Waals surface area contributed by atoms with Crippen LogP contribution in [0.2, 0.25) is 5.02 Å². The van der Waals surface area contributed by atoms with Crippen molar-refractivity contribution in [3.63, 3.8) is 0 Å². The Bertz CT molecular complexity index is 845. The molecular formula is C20H19ClN2O4. The van der Waals surface area contributed by atoms with E-state index in [1.54, 1.807) is 48.5 Å². The monoisotopic (exact) mass is 386 g/mol. The van der Waals surface area contributed by atoms with Crippen molar-refractivity contribution < 1.29 is 19.2 Å². The molecule has 2 aromatic carbocycles. The normalized spacial score (nSPS) is 14.4. The molecule has 0 spiro atoms. The number of imide groups is 1. The Balaban J connectivity index is 1.77. The molecule has 0 saturated carbocycles. The summed E-state index contributed by atoms with van der Waals surface area (Å²) in [5.41, 5.74) is 1.08. The third-order valence-electron chi connectivity index (χ3n) is 4.08. The zero-order valence-electron chi connectivity index (χ0n) is 14.9. The number of carbonyl (C=O) groups is 3. The molecule has 1 atom stereocenters. The summed E-state index contributed by atoms with van der Waals surface area (Å²) in [5.74, 6) is -1.46. The topological polar surface area (TPSA) is 75.7 Å². The van der Waals surface area contributed by atoms with Gasteiger partial charge in [0.1, 0.15) is 0 Å². The lowest BCUT2D eigenvalue weighted by atomic mass is 10.1. The van der Waals surface area contributed by atoms with Gasteiger partial charge in [-0.2, -0.15) is 0 Å². The summed E-state index contributed by atoms with van der Waals surface area (Å²) in [4.78, 5) is 43.2. The lowest BCUT2D eigenvalue weighted by molar-refractivity contribution is -0.158. The lowest BCUT2D eigenvalue weighted by Gasteiger charge is -2.23. The molecule has 3 amide bonds. The van der Waals surface area contributed by atoms with Crippen molar-refractivity contribution in [2.45, 2.75) is 26.4 Å². The van der Waals surface area contributed by atoms with Gasteiger partial charge in [-0.15, -0.1) is 5.06 Å². The third kappa shape index (κ3) is 4.18. The van der Waals surface area contributed by atoms with Crippen LogP contribution in [0.5, 0.6) is 0 Å². The minimum Gasteiger partial charge on any atom is -0.324 e. The number of rotatable bonds is 6. The van der Waals surface area contributed by atoms with Crippen molar-refractivity contribution >= 4 is 35.0 Å². The number of fused-ring (bicyclic) bond motifs is 1. The quantitative estimate of drug-likeness (QED) is 0.763. The number of benzene rings is 2. The van der Waals surface area contributed by atoms with Crippen molar-refractivity contribution in [3.05, 3.63) is 64.7 Å². The largest absolute Gasteiger partial charge is 0.324 e. The number of carbonyl (C=O) groups excluding carboxylic acids is 3. The third-order valence-corrected chi connectivity index (χ3v) is 4.33. The van der Waals surface area contributed by atoms with Crippen LogP contribution in [0, 0.1) is 5.92 Å². The molecule has 1 N–H and O–H groups in total. The van der Waals surface area contributed by atoms with Gasteiger partial charge in [0, 0.05) is 10.7 Å². The molecular weight excluding hydrogens is 368 g/mol. The summed E-state index contributed by atoms with van der Waals surface area (Å²) in [5, 5.41) is 3.96. The van der Waals surface area contributed by atoms with E-state index in [-0.39, 0.29) is 17.0 Å². The van der Waals surface area contributed by atoms with E-state index < -0.39 is 23.8 Å². The number of halogens is 1.